The molecule has 0 spiro atoms. The molecule has 2 nitrogen and oxygen atoms in total. The first kappa shape index (κ1) is 23.5. The second-order valence-corrected chi connectivity index (χ2v) is 8.41. The van der Waals surface area contributed by atoms with Crippen molar-refractivity contribution in [3.63, 3.8) is 0 Å². The van der Waals surface area contributed by atoms with E-state index in [2.05, 4.69) is 98.2 Å². The molecule has 0 amide bonds. The molecule has 31 heavy (non-hydrogen) atoms. The van der Waals surface area contributed by atoms with E-state index in [1.807, 2.05) is 6.07 Å². The summed E-state index contributed by atoms with van der Waals surface area (Å²) in [6.45, 7) is 12.5. The van der Waals surface area contributed by atoms with Gasteiger partial charge in [-0.05, 0) is 68.7 Å². The Hall–Kier alpha value is -2.16. The van der Waals surface area contributed by atoms with Crippen LogP contribution in [0.25, 0.3) is 0 Å². The van der Waals surface area contributed by atoms with Crippen molar-refractivity contribution in [2.45, 2.75) is 33.6 Å². The molecule has 0 saturated carbocycles. The van der Waals surface area contributed by atoms with Crippen LogP contribution in [-0.2, 0) is 0 Å². The van der Waals surface area contributed by atoms with Crippen molar-refractivity contribution in [1.29, 1.82) is 0 Å². The third-order valence-corrected chi connectivity index (χ3v) is 6.63. The van der Waals surface area contributed by atoms with Gasteiger partial charge in [-0.3, -0.25) is 0 Å². The van der Waals surface area contributed by atoms with Gasteiger partial charge in [-0.1, -0.05) is 65.7 Å². The lowest BCUT2D eigenvalue weighted by Gasteiger charge is -2.26. The number of hydrogen-bond acceptors (Lipinski definition) is 2. The average molecular weight is 455 g/mol. The molecule has 0 heterocycles. The Morgan fingerprint density at radius 3 is 1.39 bits per heavy atom. The summed E-state index contributed by atoms with van der Waals surface area (Å²) in [5, 5.41) is 1.53. The van der Waals surface area contributed by atoms with Crippen LogP contribution in [0.4, 0.5) is 11.4 Å². The van der Waals surface area contributed by atoms with Crippen molar-refractivity contribution in [3.8, 4) is 0 Å². The van der Waals surface area contributed by atoms with Crippen LogP contribution in [-0.4, -0.2) is 26.2 Å². The van der Waals surface area contributed by atoms with E-state index in [4.69, 9.17) is 23.2 Å². The van der Waals surface area contributed by atoms with E-state index in [0.717, 1.165) is 58.7 Å². The Balaban J connectivity index is 2.11. The summed E-state index contributed by atoms with van der Waals surface area (Å²) in [4.78, 5) is 4.61. The predicted octanol–water partition coefficient (Wildman–Crippen LogP) is 7.87. The summed E-state index contributed by atoms with van der Waals surface area (Å²) < 4.78 is 0. The molecule has 0 N–H and O–H groups in total. The van der Waals surface area contributed by atoms with Crippen LogP contribution < -0.4 is 9.80 Å². The van der Waals surface area contributed by atoms with E-state index < -0.39 is 0 Å². The van der Waals surface area contributed by atoms with Crippen molar-refractivity contribution in [3.05, 3.63) is 93.5 Å². The third-order valence-electron chi connectivity index (χ3n) is 5.98. The first-order valence-electron chi connectivity index (χ1n) is 11.2. The highest BCUT2D eigenvalue weighted by Crippen LogP contribution is 2.41. The van der Waals surface area contributed by atoms with E-state index in [0.29, 0.717) is 0 Å². The quantitative estimate of drug-likeness (QED) is 0.303. The molecule has 3 aromatic rings. The van der Waals surface area contributed by atoms with Gasteiger partial charge >= 0.3 is 0 Å². The molecule has 0 bridgehead atoms. The topological polar surface area (TPSA) is 6.48 Å². The number of hydrogen-bond donors (Lipinski definition) is 0. The second-order valence-electron chi connectivity index (χ2n) is 7.60. The van der Waals surface area contributed by atoms with Crippen molar-refractivity contribution in [2.24, 2.45) is 0 Å². The van der Waals surface area contributed by atoms with E-state index in [9.17, 15) is 0 Å². The molecule has 0 radical (unpaired) electrons. The summed E-state index contributed by atoms with van der Waals surface area (Å²) in [7, 11) is 0. The molecule has 0 atom stereocenters. The SMILES string of the molecule is CCN(CC)c1ccc(C(c2ccccc2)c2ccc(N(CC)CC)cc2Cl)c(Cl)c1. The predicted molar refractivity (Wildman–Crippen MR) is 137 cm³/mol. The van der Waals surface area contributed by atoms with Crippen molar-refractivity contribution >= 4 is 34.6 Å². The van der Waals surface area contributed by atoms with Crippen LogP contribution in [0.15, 0.2) is 66.7 Å². The van der Waals surface area contributed by atoms with Gasteiger partial charge in [0.25, 0.3) is 0 Å². The normalized spacial score (nSPS) is 11.1. The molecule has 0 aromatic heterocycles. The smallest absolute Gasteiger partial charge is 0.0468 e. The highest BCUT2D eigenvalue weighted by atomic mass is 35.5. The first-order chi connectivity index (χ1) is 15.0. The maximum absolute atomic E-state index is 6.88. The van der Waals surface area contributed by atoms with Gasteiger partial charge in [-0.25, -0.2) is 0 Å². The van der Waals surface area contributed by atoms with Gasteiger partial charge in [0.2, 0.25) is 0 Å². The molecule has 3 rings (SSSR count). The minimum absolute atomic E-state index is 0.0299. The van der Waals surface area contributed by atoms with Crippen LogP contribution in [0, 0.1) is 0 Å². The maximum atomic E-state index is 6.88. The highest BCUT2D eigenvalue weighted by Gasteiger charge is 2.23. The van der Waals surface area contributed by atoms with Gasteiger partial charge in [-0.15, -0.1) is 0 Å². The Kier molecular flexibility index (Phi) is 8.28. The van der Waals surface area contributed by atoms with Crippen molar-refractivity contribution in [2.75, 3.05) is 36.0 Å². The minimum atomic E-state index is -0.0299. The molecule has 0 saturated heterocycles. The lowest BCUT2D eigenvalue weighted by Crippen LogP contribution is -2.22. The number of nitrogens with zero attached hydrogens (tertiary/aromatic N) is 2. The van der Waals surface area contributed by atoms with Crippen molar-refractivity contribution < 1.29 is 0 Å². The van der Waals surface area contributed by atoms with Gasteiger partial charge < -0.3 is 9.80 Å². The average Bonchev–Trinajstić information content (AvgIpc) is 2.79. The number of benzene rings is 3. The van der Waals surface area contributed by atoms with E-state index in [-0.39, 0.29) is 5.92 Å². The Labute approximate surface area is 197 Å². The van der Waals surface area contributed by atoms with E-state index in [1.54, 1.807) is 0 Å². The number of rotatable bonds is 9. The zero-order valence-electron chi connectivity index (χ0n) is 18.9. The van der Waals surface area contributed by atoms with E-state index in [1.165, 1.54) is 5.56 Å². The Morgan fingerprint density at radius 2 is 1.03 bits per heavy atom. The Morgan fingerprint density at radius 1 is 0.613 bits per heavy atom. The molecule has 0 aliphatic rings. The maximum Gasteiger partial charge on any atom is 0.0468 e. The lowest BCUT2D eigenvalue weighted by atomic mass is 9.84. The van der Waals surface area contributed by atoms with Gasteiger partial charge in [0, 0.05) is 53.5 Å². The van der Waals surface area contributed by atoms with Gasteiger partial charge in [0.05, 0.1) is 0 Å². The molecular weight excluding hydrogens is 423 g/mol. The molecule has 0 aliphatic carbocycles. The van der Waals surface area contributed by atoms with Gasteiger partial charge in [-0.2, -0.15) is 0 Å². The number of anilines is 2. The molecule has 0 aliphatic heterocycles. The summed E-state index contributed by atoms with van der Waals surface area (Å²) in [6.07, 6.45) is 0. The summed E-state index contributed by atoms with van der Waals surface area (Å²) in [6, 6.07) is 23.3. The fraction of sp³-hybridized carbons (Fsp3) is 0.333. The van der Waals surface area contributed by atoms with Crippen LogP contribution in [0.3, 0.4) is 0 Å². The van der Waals surface area contributed by atoms with Gasteiger partial charge in [0.1, 0.15) is 0 Å². The van der Waals surface area contributed by atoms with Crippen LogP contribution in [0.1, 0.15) is 50.3 Å². The minimum Gasteiger partial charge on any atom is -0.372 e. The van der Waals surface area contributed by atoms with Crippen molar-refractivity contribution in [1.82, 2.24) is 0 Å². The molecule has 0 fully saturated rings. The van der Waals surface area contributed by atoms with Crippen LogP contribution in [0.5, 0.6) is 0 Å². The molecular formula is C27H32Cl2N2. The summed E-state index contributed by atoms with van der Waals surface area (Å²) in [5.74, 6) is -0.0299. The Bertz CT molecular complexity index is 918. The molecule has 164 valence electrons. The monoisotopic (exact) mass is 454 g/mol. The fourth-order valence-corrected chi connectivity index (χ4v) is 4.81. The van der Waals surface area contributed by atoms with E-state index >= 15 is 0 Å². The zero-order valence-corrected chi connectivity index (χ0v) is 20.4. The molecule has 0 unspecified atom stereocenters. The highest BCUT2D eigenvalue weighted by molar-refractivity contribution is 6.32. The second kappa shape index (κ2) is 10.9. The first-order valence-corrected chi connectivity index (χ1v) is 11.9. The standard InChI is InChI=1S/C27H32Cl2N2/c1-5-30(6-2)21-14-16-23(25(28)18-21)27(20-12-10-9-11-13-20)24-17-15-22(19-26(24)29)31(7-3)8-4/h9-19,27H,5-8H2,1-4H3. The fourth-order valence-electron chi connectivity index (χ4n) is 4.24. The van der Waals surface area contributed by atoms with Gasteiger partial charge in [0.15, 0.2) is 0 Å². The molecule has 4 heteroatoms. The summed E-state index contributed by atoms with van der Waals surface area (Å²) in [5.41, 5.74) is 5.61. The summed E-state index contributed by atoms with van der Waals surface area (Å²) >= 11 is 13.8. The van der Waals surface area contributed by atoms with Crippen LogP contribution >= 0.6 is 23.2 Å². The lowest BCUT2D eigenvalue weighted by molar-refractivity contribution is 0.862. The largest absolute Gasteiger partial charge is 0.372 e. The number of halogens is 2. The third kappa shape index (κ3) is 5.19. The zero-order chi connectivity index (χ0) is 22.4. The van der Waals surface area contributed by atoms with Crippen LogP contribution in [0.2, 0.25) is 10.0 Å². The molecule has 3 aromatic carbocycles.